The minimum atomic E-state index is -0.125. The van der Waals surface area contributed by atoms with E-state index in [1.807, 2.05) is 72.9 Å². The molecule has 8 heteroatoms. The van der Waals surface area contributed by atoms with Crippen LogP contribution >= 0.6 is 24.0 Å². The minimum Gasteiger partial charge on any atom is -0.454 e. The average molecular weight is 462 g/mol. The predicted octanol–water partition coefficient (Wildman–Crippen LogP) is 5.13. The number of carbonyl (C=O) groups is 1. The molecule has 32 heavy (non-hydrogen) atoms. The van der Waals surface area contributed by atoms with Crippen LogP contribution in [-0.2, 0) is 9.53 Å². The van der Waals surface area contributed by atoms with E-state index in [0.29, 0.717) is 33.8 Å². The Hall–Kier alpha value is -3.20. The van der Waals surface area contributed by atoms with E-state index in [-0.39, 0.29) is 5.91 Å². The third-order valence-corrected chi connectivity index (χ3v) is 6.48. The maximum absolute atomic E-state index is 12.9. The fraction of sp³-hybridized carbons (Fsp3) is 0.125. The van der Waals surface area contributed by atoms with E-state index in [4.69, 9.17) is 26.5 Å². The van der Waals surface area contributed by atoms with Crippen molar-refractivity contribution < 1.29 is 13.9 Å². The van der Waals surface area contributed by atoms with Crippen molar-refractivity contribution in [1.82, 2.24) is 14.7 Å². The van der Waals surface area contributed by atoms with Crippen molar-refractivity contribution in [3.05, 3.63) is 77.3 Å². The summed E-state index contributed by atoms with van der Waals surface area (Å²) in [5.41, 5.74) is 3.14. The molecule has 0 saturated carbocycles. The molecule has 1 aliphatic rings. The first-order chi connectivity index (χ1) is 15.6. The maximum atomic E-state index is 12.9. The Labute approximate surface area is 194 Å². The van der Waals surface area contributed by atoms with Crippen LogP contribution in [0, 0.1) is 0 Å². The Bertz CT molecular complexity index is 1310. The summed E-state index contributed by atoms with van der Waals surface area (Å²) in [5, 5.41) is 5.79. The van der Waals surface area contributed by atoms with Gasteiger partial charge in [0.2, 0.25) is 0 Å². The number of carbonyl (C=O) groups excluding carboxylic acids is 1. The Morgan fingerprint density at radius 2 is 1.94 bits per heavy atom. The Kier molecular flexibility index (Phi) is 5.65. The van der Waals surface area contributed by atoms with Crippen molar-refractivity contribution >= 4 is 51.3 Å². The molecule has 4 aromatic rings. The summed E-state index contributed by atoms with van der Waals surface area (Å²) in [4.78, 5) is 15.1. The number of hydrogen-bond donors (Lipinski definition) is 0. The van der Waals surface area contributed by atoms with E-state index in [1.54, 1.807) is 16.7 Å². The molecule has 1 saturated heterocycles. The van der Waals surface area contributed by atoms with Crippen LogP contribution in [-0.4, -0.2) is 45.2 Å². The Balaban J connectivity index is 1.59. The number of benzene rings is 2. The SMILES string of the molecule is COCCN1C(=O)/C(=C/c2cn(-c3ccccc3)nc2-c2cc3ccccc3o2)SC1=S. The topological polar surface area (TPSA) is 60.5 Å². The highest BCUT2D eigenvalue weighted by Crippen LogP contribution is 2.36. The summed E-state index contributed by atoms with van der Waals surface area (Å²) < 4.78 is 13.5. The molecule has 0 unspecified atom stereocenters. The zero-order chi connectivity index (χ0) is 22.1. The third kappa shape index (κ3) is 3.88. The Morgan fingerprint density at radius 1 is 1.16 bits per heavy atom. The van der Waals surface area contributed by atoms with Crippen LogP contribution in [0.2, 0.25) is 0 Å². The van der Waals surface area contributed by atoms with Crippen molar-refractivity contribution in [3.8, 4) is 17.1 Å². The van der Waals surface area contributed by atoms with Crippen molar-refractivity contribution in [3.63, 3.8) is 0 Å². The van der Waals surface area contributed by atoms with E-state index in [0.717, 1.165) is 22.2 Å². The molecule has 0 N–H and O–H groups in total. The number of fused-ring (bicyclic) bond motifs is 1. The molecule has 0 atom stereocenters. The number of furan rings is 1. The van der Waals surface area contributed by atoms with Gasteiger partial charge in [0.1, 0.15) is 15.6 Å². The molecule has 0 spiro atoms. The molecule has 1 fully saturated rings. The first-order valence-electron chi connectivity index (χ1n) is 10.0. The number of amides is 1. The van der Waals surface area contributed by atoms with Crippen LogP contribution in [0.3, 0.4) is 0 Å². The quantitative estimate of drug-likeness (QED) is 0.293. The van der Waals surface area contributed by atoms with Gasteiger partial charge in [-0.1, -0.05) is 60.4 Å². The highest BCUT2D eigenvalue weighted by molar-refractivity contribution is 8.26. The molecule has 0 bridgehead atoms. The van der Waals surface area contributed by atoms with Gasteiger partial charge in [0.15, 0.2) is 5.76 Å². The van der Waals surface area contributed by atoms with Crippen LogP contribution in [0.1, 0.15) is 5.56 Å². The predicted molar refractivity (Wildman–Crippen MR) is 131 cm³/mol. The number of para-hydroxylation sites is 2. The van der Waals surface area contributed by atoms with Crippen LogP contribution in [0.15, 0.2) is 76.2 Å². The van der Waals surface area contributed by atoms with Gasteiger partial charge in [-0.3, -0.25) is 9.69 Å². The summed E-state index contributed by atoms with van der Waals surface area (Å²) in [6.07, 6.45) is 3.74. The van der Waals surface area contributed by atoms with Gasteiger partial charge in [-0.25, -0.2) is 4.68 Å². The van der Waals surface area contributed by atoms with Gasteiger partial charge in [0, 0.05) is 24.3 Å². The number of nitrogens with zero attached hydrogens (tertiary/aromatic N) is 3. The molecule has 1 aliphatic heterocycles. The van der Waals surface area contributed by atoms with Crippen molar-refractivity contribution in [1.29, 1.82) is 0 Å². The lowest BCUT2D eigenvalue weighted by Gasteiger charge is -2.12. The lowest BCUT2D eigenvalue weighted by molar-refractivity contribution is -0.122. The van der Waals surface area contributed by atoms with Crippen LogP contribution in [0.4, 0.5) is 0 Å². The van der Waals surface area contributed by atoms with E-state index in [1.165, 1.54) is 11.8 Å². The van der Waals surface area contributed by atoms with Crippen molar-refractivity contribution in [2.24, 2.45) is 0 Å². The first-order valence-corrected chi connectivity index (χ1v) is 11.2. The zero-order valence-corrected chi connectivity index (χ0v) is 18.9. The second-order valence-electron chi connectivity index (χ2n) is 7.19. The number of hydrogen-bond acceptors (Lipinski definition) is 6. The summed E-state index contributed by atoms with van der Waals surface area (Å²) >= 11 is 6.69. The monoisotopic (exact) mass is 461 g/mol. The summed E-state index contributed by atoms with van der Waals surface area (Å²) in [6, 6.07) is 19.6. The highest BCUT2D eigenvalue weighted by atomic mass is 32.2. The van der Waals surface area contributed by atoms with Gasteiger partial charge < -0.3 is 9.15 Å². The summed E-state index contributed by atoms with van der Waals surface area (Å²) in [6.45, 7) is 0.855. The molecule has 160 valence electrons. The highest BCUT2D eigenvalue weighted by Gasteiger charge is 2.32. The van der Waals surface area contributed by atoms with E-state index < -0.39 is 0 Å². The molecular weight excluding hydrogens is 442 g/mol. The minimum absolute atomic E-state index is 0.125. The molecule has 5 rings (SSSR count). The van der Waals surface area contributed by atoms with Crippen LogP contribution in [0.5, 0.6) is 0 Å². The van der Waals surface area contributed by atoms with E-state index in [2.05, 4.69) is 0 Å². The second kappa shape index (κ2) is 8.74. The van der Waals surface area contributed by atoms with Crippen LogP contribution in [0.25, 0.3) is 34.2 Å². The largest absolute Gasteiger partial charge is 0.454 e. The van der Waals surface area contributed by atoms with Crippen molar-refractivity contribution in [2.45, 2.75) is 0 Å². The molecule has 3 heterocycles. The summed E-state index contributed by atoms with van der Waals surface area (Å²) in [7, 11) is 1.60. The van der Waals surface area contributed by atoms with Gasteiger partial charge in [0.05, 0.1) is 23.7 Å². The fourth-order valence-corrected chi connectivity index (χ4v) is 4.81. The summed E-state index contributed by atoms with van der Waals surface area (Å²) in [5.74, 6) is 0.516. The Morgan fingerprint density at radius 3 is 2.72 bits per heavy atom. The van der Waals surface area contributed by atoms with E-state index in [9.17, 15) is 4.79 Å². The molecule has 0 radical (unpaired) electrons. The maximum Gasteiger partial charge on any atom is 0.266 e. The number of thiocarbonyl (C=S) groups is 1. The molecule has 6 nitrogen and oxygen atoms in total. The number of rotatable bonds is 6. The fourth-order valence-electron chi connectivity index (χ4n) is 3.51. The number of thioether (sulfide) groups is 1. The van der Waals surface area contributed by atoms with Gasteiger partial charge in [-0.2, -0.15) is 5.10 Å². The molecule has 0 aliphatic carbocycles. The van der Waals surface area contributed by atoms with Gasteiger partial charge >= 0.3 is 0 Å². The molecule has 1 amide bonds. The third-order valence-electron chi connectivity index (χ3n) is 5.10. The smallest absolute Gasteiger partial charge is 0.266 e. The van der Waals surface area contributed by atoms with Crippen LogP contribution < -0.4 is 0 Å². The van der Waals surface area contributed by atoms with Crippen molar-refractivity contribution in [2.75, 3.05) is 20.3 Å². The average Bonchev–Trinajstić information content (AvgIpc) is 3.49. The first kappa shape index (κ1) is 20.7. The van der Waals surface area contributed by atoms with Gasteiger partial charge in [-0.15, -0.1) is 0 Å². The lowest BCUT2D eigenvalue weighted by Crippen LogP contribution is -2.31. The molecule has 2 aromatic carbocycles. The second-order valence-corrected chi connectivity index (χ2v) is 8.86. The normalized spacial score (nSPS) is 15.4. The number of aromatic nitrogens is 2. The molecular formula is C24H19N3O3S2. The van der Waals surface area contributed by atoms with Gasteiger partial charge in [-0.05, 0) is 30.3 Å². The number of ether oxygens (including phenoxy) is 1. The van der Waals surface area contributed by atoms with E-state index >= 15 is 0 Å². The molecule has 2 aromatic heterocycles. The standard InChI is InChI=1S/C24H19N3O3S2/c1-29-12-11-26-23(28)21(32-24(26)31)14-17-15-27(18-8-3-2-4-9-18)25-22(17)20-13-16-7-5-6-10-19(16)30-20/h2-10,13-15H,11-12H2,1H3/b21-14-. The zero-order valence-electron chi connectivity index (χ0n) is 17.2. The lowest BCUT2D eigenvalue weighted by atomic mass is 10.1. The number of methoxy groups -OCH3 is 1. The van der Waals surface area contributed by atoms with Gasteiger partial charge in [0.25, 0.3) is 5.91 Å².